The van der Waals surface area contributed by atoms with Crippen molar-refractivity contribution in [3.8, 4) is 11.4 Å². The van der Waals surface area contributed by atoms with E-state index >= 15 is 0 Å². The summed E-state index contributed by atoms with van der Waals surface area (Å²) in [5, 5.41) is 8.00. The van der Waals surface area contributed by atoms with Crippen molar-refractivity contribution in [3.05, 3.63) is 58.1 Å². The summed E-state index contributed by atoms with van der Waals surface area (Å²) in [7, 11) is -3.34. The van der Waals surface area contributed by atoms with Gasteiger partial charge in [-0.25, -0.2) is 12.7 Å². The molecule has 0 bridgehead atoms. The van der Waals surface area contributed by atoms with Gasteiger partial charge in [-0.15, -0.1) is 0 Å². The van der Waals surface area contributed by atoms with Gasteiger partial charge in [-0.2, -0.15) is 16.3 Å². The van der Waals surface area contributed by atoms with Crippen LogP contribution in [0.15, 0.2) is 45.6 Å². The van der Waals surface area contributed by atoms with Crippen molar-refractivity contribution < 1.29 is 12.9 Å². The lowest BCUT2D eigenvalue weighted by Crippen LogP contribution is -2.41. The molecular formula is C20H23N3O3S2. The van der Waals surface area contributed by atoms with Crippen LogP contribution in [0.25, 0.3) is 11.4 Å². The predicted molar refractivity (Wildman–Crippen MR) is 109 cm³/mol. The Morgan fingerprint density at radius 2 is 2.21 bits per heavy atom. The van der Waals surface area contributed by atoms with Gasteiger partial charge in [0.15, 0.2) is 0 Å². The zero-order valence-electron chi connectivity index (χ0n) is 15.7. The summed E-state index contributed by atoms with van der Waals surface area (Å²) >= 11 is 1.59. The molecule has 0 radical (unpaired) electrons. The first-order chi connectivity index (χ1) is 13.5. The molecule has 2 aromatic heterocycles. The Hall–Kier alpha value is -2.03. The second-order valence-electron chi connectivity index (χ2n) is 7.34. The lowest BCUT2D eigenvalue weighted by atomic mass is 9.96. The normalized spacial score (nSPS) is 18.4. The van der Waals surface area contributed by atoms with E-state index < -0.39 is 10.0 Å². The highest BCUT2D eigenvalue weighted by Gasteiger charge is 2.30. The van der Waals surface area contributed by atoms with E-state index in [0.717, 1.165) is 29.5 Å². The van der Waals surface area contributed by atoms with Crippen LogP contribution in [-0.4, -0.2) is 36.0 Å². The Morgan fingerprint density at radius 3 is 3.00 bits per heavy atom. The highest BCUT2D eigenvalue weighted by molar-refractivity contribution is 7.88. The van der Waals surface area contributed by atoms with Gasteiger partial charge < -0.3 is 4.52 Å². The van der Waals surface area contributed by atoms with Crippen molar-refractivity contribution in [2.24, 2.45) is 5.92 Å². The van der Waals surface area contributed by atoms with Crippen LogP contribution >= 0.6 is 11.3 Å². The Labute approximate surface area is 169 Å². The van der Waals surface area contributed by atoms with Gasteiger partial charge in [-0.3, -0.25) is 0 Å². The first-order valence-electron chi connectivity index (χ1n) is 9.38. The minimum atomic E-state index is -3.34. The molecule has 0 amide bonds. The van der Waals surface area contributed by atoms with E-state index in [2.05, 4.69) is 10.1 Å². The average Bonchev–Trinajstić information content (AvgIpc) is 3.33. The molecule has 0 aliphatic carbocycles. The number of thiophene rings is 1. The monoisotopic (exact) mass is 417 g/mol. The topological polar surface area (TPSA) is 76.3 Å². The average molecular weight is 418 g/mol. The number of aryl methyl sites for hydroxylation is 1. The molecule has 0 saturated carbocycles. The quantitative estimate of drug-likeness (QED) is 0.608. The summed E-state index contributed by atoms with van der Waals surface area (Å²) in [6.45, 7) is 3.06. The highest BCUT2D eigenvalue weighted by atomic mass is 32.2. The van der Waals surface area contributed by atoms with Crippen molar-refractivity contribution in [1.82, 2.24) is 14.4 Å². The van der Waals surface area contributed by atoms with Crippen molar-refractivity contribution in [3.63, 3.8) is 0 Å². The summed E-state index contributed by atoms with van der Waals surface area (Å²) in [5.74, 6) is 1.40. The van der Waals surface area contributed by atoms with E-state index in [1.54, 1.807) is 15.6 Å². The van der Waals surface area contributed by atoms with Gasteiger partial charge >= 0.3 is 0 Å². The van der Waals surface area contributed by atoms with E-state index in [1.165, 1.54) is 0 Å². The number of hydrogen-bond acceptors (Lipinski definition) is 6. The fourth-order valence-electron chi connectivity index (χ4n) is 3.64. The summed E-state index contributed by atoms with van der Waals surface area (Å²) in [6.07, 6.45) is 2.42. The van der Waals surface area contributed by atoms with Crippen LogP contribution in [-0.2, 0) is 22.2 Å². The van der Waals surface area contributed by atoms with Crippen LogP contribution in [0.3, 0.4) is 0 Å². The zero-order valence-corrected chi connectivity index (χ0v) is 17.4. The maximum Gasteiger partial charge on any atom is 0.227 e. The molecule has 1 unspecified atom stereocenters. The molecule has 8 heteroatoms. The molecular weight excluding hydrogens is 394 g/mol. The molecule has 1 saturated heterocycles. The number of nitrogens with zero attached hydrogens (tertiary/aromatic N) is 3. The lowest BCUT2D eigenvalue weighted by molar-refractivity contribution is 0.247. The van der Waals surface area contributed by atoms with Gasteiger partial charge in [0.2, 0.25) is 21.7 Å². The fraction of sp³-hybridized carbons (Fsp3) is 0.400. The number of benzene rings is 1. The molecule has 3 heterocycles. The third kappa shape index (κ3) is 4.51. The van der Waals surface area contributed by atoms with E-state index in [-0.39, 0.29) is 11.7 Å². The Bertz CT molecular complexity index is 1030. The second kappa shape index (κ2) is 8.14. The zero-order chi connectivity index (χ0) is 19.6. The Kier molecular flexibility index (Phi) is 5.61. The molecule has 1 aromatic carbocycles. The number of hydrogen-bond donors (Lipinski definition) is 0. The molecule has 6 nitrogen and oxygen atoms in total. The Balaban J connectivity index is 1.41. The summed E-state index contributed by atoms with van der Waals surface area (Å²) < 4.78 is 32.8. The van der Waals surface area contributed by atoms with Crippen LogP contribution in [0.4, 0.5) is 0 Å². The molecule has 1 aliphatic heterocycles. The second-order valence-corrected chi connectivity index (χ2v) is 10.1. The summed E-state index contributed by atoms with van der Waals surface area (Å²) in [5.41, 5.74) is 2.85. The molecule has 3 aromatic rings. The number of piperidine rings is 1. The van der Waals surface area contributed by atoms with Gasteiger partial charge in [-0.05, 0) is 42.7 Å². The van der Waals surface area contributed by atoms with E-state index in [4.69, 9.17) is 4.52 Å². The first-order valence-corrected chi connectivity index (χ1v) is 11.9. The highest BCUT2D eigenvalue weighted by Crippen LogP contribution is 2.25. The van der Waals surface area contributed by atoms with E-state index in [0.29, 0.717) is 31.2 Å². The van der Waals surface area contributed by atoms with E-state index in [1.807, 2.05) is 48.0 Å². The number of aromatic nitrogens is 2. The van der Waals surface area contributed by atoms with Crippen molar-refractivity contribution in [1.29, 1.82) is 0 Å². The number of rotatable bonds is 6. The van der Waals surface area contributed by atoms with Crippen LogP contribution in [0.5, 0.6) is 0 Å². The number of sulfonamides is 1. The molecule has 1 atom stereocenters. The molecule has 1 aliphatic rings. The molecule has 4 rings (SSSR count). The van der Waals surface area contributed by atoms with Gasteiger partial charge in [0.05, 0.1) is 5.75 Å². The van der Waals surface area contributed by atoms with Crippen LogP contribution in [0.1, 0.15) is 29.9 Å². The lowest BCUT2D eigenvalue weighted by Gasteiger charge is -2.31. The van der Waals surface area contributed by atoms with Crippen LogP contribution in [0.2, 0.25) is 0 Å². The third-order valence-electron chi connectivity index (χ3n) is 5.02. The molecule has 1 fully saturated rings. The van der Waals surface area contributed by atoms with Crippen LogP contribution in [0, 0.1) is 12.8 Å². The smallest absolute Gasteiger partial charge is 0.227 e. The van der Waals surface area contributed by atoms with Gasteiger partial charge in [-0.1, -0.05) is 35.0 Å². The van der Waals surface area contributed by atoms with Gasteiger partial charge in [0.1, 0.15) is 0 Å². The standard InChI is InChI=1S/C20H23N3O3S2/c1-15-4-2-5-17(10-15)14-28(24,25)23-8-3-6-16(12-23)11-19-21-20(22-26-19)18-7-9-27-13-18/h2,4-5,7,9-10,13,16H,3,6,8,11-12,14H2,1H3. The molecule has 28 heavy (non-hydrogen) atoms. The fourth-order valence-corrected chi connectivity index (χ4v) is 5.91. The Morgan fingerprint density at radius 1 is 1.32 bits per heavy atom. The first kappa shape index (κ1) is 19.3. The SMILES string of the molecule is Cc1cccc(CS(=O)(=O)N2CCCC(Cc3nc(-c4ccsc4)no3)C2)c1. The largest absolute Gasteiger partial charge is 0.339 e. The minimum Gasteiger partial charge on any atom is -0.339 e. The van der Waals surface area contributed by atoms with Crippen LogP contribution < -0.4 is 0 Å². The summed E-state index contributed by atoms with van der Waals surface area (Å²) in [6, 6.07) is 9.64. The predicted octanol–water partition coefficient (Wildman–Crippen LogP) is 3.89. The summed E-state index contributed by atoms with van der Waals surface area (Å²) in [4.78, 5) is 4.47. The molecule has 0 N–H and O–H groups in total. The van der Waals surface area contributed by atoms with Crippen molar-refractivity contribution in [2.75, 3.05) is 13.1 Å². The van der Waals surface area contributed by atoms with E-state index in [9.17, 15) is 8.42 Å². The van der Waals surface area contributed by atoms with Gasteiger partial charge in [0.25, 0.3) is 0 Å². The minimum absolute atomic E-state index is 0.0459. The maximum atomic E-state index is 12.9. The molecule has 148 valence electrons. The third-order valence-corrected chi connectivity index (χ3v) is 7.52. The van der Waals surface area contributed by atoms with Crippen molar-refractivity contribution in [2.45, 2.75) is 31.9 Å². The van der Waals surface area contributed by atoms with Crippen molar-refractivity contribution >= 4 is 21.4 Å². The van der Waals surface area contributed by atoms with Gasteiger partial charge in [0, 0.05) is 30.5 Å². The maximum absolute atomic E-state index is 12.9. The molecule has 0 spiro atoms.